The van der Waals surface area contributed by atoms with Crippen LogP contribution in [0, 0.1) is 6.92 Å². The fourth-order valence-corrected chi connectivity index (χ4v) is 4.45. The lowest BCUT2D eigenvalue weighted by Gasteiger charge is -2.37. The number of hydrogen-bond donors (Lipinski definition) is 1. The summed E-state index contributed by atoms with van der Waals surface area (Å²) in [5, 5.41) is 3.02. The number of benzene rings is 3. The Morgan fingerprint density at radius 1 is 1.00 bits per heavy atom. The highest BCUT2D eigenvalue weighted by Crippen LogP contribution is 2.38. The Morgan fingerprint density at radius 3 is 2.41 bits per heavy atom. The number of anilines is 1. The molecule has 1 aliphatic rings. The number of hydrogen-bond acceptors (Lipinski definition) is 6. The van der Waals surface area contributed by atoms with Crippen molar-refractivity contribution in [3.8, 4) is 17.2 Å². The third-order valence-electron chi connectivity index (χ3n) is 6.31. The summed E-state index contributed by atoms with van der Waals surface area (Å²) in [5.41, 5.74) is 4.25. The van der Waals surface area contributed by atoms with Gasteiger partial charge in [-0.15, -0.1) is 0 Å². The van der Waals surface area contributed by atoms with Gasteiger partial charge in [0.25, 0.3) is 0 Å². The summed E-state index contributed by atoms with van der Waals surface area (Å²) >= 11 is 0. The molecule has 0 saturated carbocycles. The van der Waals surface area contributed by atoms with Crippen molar-refractivity contribution in [1.82, 2.24) is 4.90 Å². The minimum atomic E-state index is -0.379. The van der Waals surface area contributed by atoms with E-state index in [1.54, 1.807) is 50.3 Å². The van der Waals surface area contributed by atoms with E-state index in [0.717, 1.165) is 22.4 Å². The zero-order chi connectivity index (χ0) is 26.4. The molecule has 0 radical (unpaired) electrons. The van der Waals surface area contributed by atoms with Crippen LogP contribution in [0.2, 0.25) is 0 Å². The van der Waals surface area contributed by atoms with Gasteiger partial charge in [-0.3, -0.25) is 0 Å². The molecule has 1 unspecified atom stereocenters. The number of nitrogens with zero attached hydrogens (tertiary/aromatic N) is 1. The number of urea groups is 1. The molecule has 1 N–H and O–H groups in total. The minimum absolute atomic E-state index is 0.211. The van der Waals surface area contributed by atoms with Crippen molar-refractivity contribution in [2.75, 3.05) is 39.3 Å². The van der Waals surface area contributed by atoms with Crippen molar-refractivity contribution in [3.05, 3.63) is 82.9 Å². The second-order valence-corrected chi connectivity index (χ2v) is 8.72. The third-order valence-corrected chi connectivity index (χ3v) is 6.31. The zero-order valence-electron chi connectivity index (χ0n) is 21.6. The predicted octanol–water partition coefficient (Wildman–Crippen LogP) is 5.40. The highest BCUT2D eigenvalue weighted by molar-refractivity contribution is 5.90. The van der Waals surface area contributed by atoms with E-state index < -0.39 is 0 Å². The van der Waals surface area contributed by atoms with Crippen molar-refractivity contribution < 1.29 is 28.5 Å². The molecule has 0 fully saturated rings. The fraction of sp³-hybridized carbons (Fsp3) is 0.310. The number of methoxy groups -OCH3 is 2. The smallest absolute Gasteiger partial charge is 0.338 e. The molecule has 0 spiro atoms. The van der Waals surface area contributed by atoms with Gasteiger partial charge in [-0.2, -0.15) is 0 Å². The van der Waals surface area contributed by atoms with E-state index >= 15 is 0 Å². The Kier molecular flexibility index (Phi) is 8.18. The van der Waals surface area contributed by atoms with Crippen molar-refractivity contribution in [2.45, 2.75) is 26.3 Å². The van der Waals surface area contributed by atoms with Gasteiger partial charge in [0.15, 0.2) is 11.5 Å². The zero-order valence-corrected chi connectivity index (χ0v) is 21.6. The molecule has 0 saturated heterocycles. The van der Waals surface area contributed by atoms with Gasteiger partial charge in [-0.05, 0) is 85.5 Å². The average molecular weight is 505 g/mol. The summed E-state index contributed by atoms with van der Waals surface area (Å²) in [5.74, 6) is 1.44. The van der Waals surface area contributed by atoms with Gasteiger partial charge < -0.3 is 29.2 Å². The van der Waals surface area contributed by atoms with Crippen LogP contribution in [0.4, 0.5) is 10.5 Å². The molecule has 3 aromatic carbocycles. The van der Waals surface area contributed by atoms with Crippen LogP contribution in [0.1, 0.15) is 40.0 Å². The first-order chi connectivity index (χ1) is 17.9. The summed E-state index contributed by atoms with van der Waals surface area (Å²) in [6, 6.07) is 17.8. The van der Waals surface area contributed by atoms with E-state index in [0.29, 0.717) is 42.4 Å². The van der Waals surface area contributed by atoms with Gasteiger partial charge in [-0.1, -0.05) is 12.1 Å². The molecule has 0 aliphatic carbocycles. The maximum Gasteiger partial charge on any atom is 0.338 e. The average Bonchev–Trinajstić information content (AvgIpc) is 2.91. The second-order valence-electron chi connectivity index (χ2n) is 8.72. The minimum Gasteiger partial charge on any atom is -0.493 e. The van der Waals surface area contributed by atoms with Crippen LogP contribution in [0.3, 0.4) is 0 Å². The molecule has 1 heterocycles. The molecule has 4 rings (SSSR count). The third kappa shape index (κ3) is 5.97. The van der Waals surface area contributed by atoms with Crippen LogP contribution in [0.25, 0.3) is 0 Å². The number of rotatable bonds is 8. The molecule has 8 heteroatoms. The fourth-order valence-electron chi connectivity index (χ4n) is 4.45. The summed E-state index contributed by atoms with van der Waals surface area (Å²) < 4.78 is 22.2. The quantitative estimate of drug-likeness (QED) is 0.414. The molecule has 0 bridgehead atoms. The number of carbonyl (C=O) groups is 2. The Bertz CT molecular complexity index is 1260. The summed E-state index contributed by atoms with van der Waals surface area (Å²) in [6.45, 7) is 4.78. The van der Waals surface area contributed by atoms with Crippen LogP contribution in [-0.2, 0) is 11.2 Å². The summed E-state index contributed by atoms with van der Waals surface area (Å²) in [7, 11) is 3.20. The molecular weight excluding hydrogens is 472 g/mol. The van der Waals surface area contributed by atoms with Gasteiger partial charge >= 0.3 is 12.0 Å². The predicted molar refractivity (Wildman–Crippen MR) is 141 cm³/mol. The monoisotopic (exact) mass is 504 g/mol. The topological polar surface area (TPSA) is 86.3 Å². The van der Waals surface area contributed by atoms with Crippen LogP contribution < -0.4 is 19.5 Å². The second kappa shape index (κ2) is 11.7. The Balaban J connectivity index is 1.60. The van der Waals surface area contributed by atoms with Crippen molar-refractivity contribution in [3.63, 3.8) is 0 Å². The lowest BCUT2D eigenvalue weighted by molar-refractivity contribution is 0.0526. The molecule has 1 aliphatic heterocycles. The van der Waals surface area contributed by atoms with Gasteiger partial charge in [0.2, 0.25) is 0 Å². The van der Waals surface area contributed by atoms with Crippen LogP contribution in [0.5, 0.6) is 17.2 Å². The molecule has 2 amide bonds. The largest absolute Gasteiger partial charge is 0.493 e. The molecule has 37 heavy (non-hydrogen) atoms. The van der Waals surface area contributed by atoms with Gasteiger partial charge in [-0.25, -0.2) is 9.59 Å². The van der Waals surface area contributed by atoms with E-state index in [2.05, 4.69) is 5.32 Å². The van der Waals surface area contributed by atoms with Crippen LogP contribution >= 0.6 is 0 Å². The van der Waals surface area contributed by atoms with Crippen molar-refractivity contribution >= 4 is 17.7 Å². The highest BCUT2D eigenvalue weighted by Gasteiger charge is 2.33. The van der Waals surface area contributed by atoms with E-state index in [4.69, 9.17) is 18.9 Å². The maximum atomic E-state index is 13.4. The maximum absolute atomic E-state index is 13.4. The molecular formula is C29H32N2O6. The van der Waals surface area contributed by atoms with Gasteiger partial charge in [0.05, 0.1) is 32.4 Å². The van der Waals surface area contributed by atoms with Gasteiger partial charge in [0.1, 0.15) is 12.4 Å². The Hall–Kier alpha value is -4.20. The standard InChI is InChI=1S/C29H32N2O6/c1-5-36-28(32)20-9-11-23(12-10-20)37-18-25-24-17-27(35-4)26(34-3)16-21(24)13-14-31(25)29(33)30-22-8-6-7-19(2)15-22/h6-12,15-17,25H,5,13-14,18H2,1-4H3,(H,30,33). The number of esters is 1. The van der Waals surface area contributed by atoms with Crippen LogP contribution in [-0.4, -0.2) is 50.9 Å². The first-order valence-electron chi connectivity index (χ1n) is 12.2. The van der Waals surface area contributed by atoms with E-state index in [1.165, 1.54) is 0 Å². The van der Waals surface area contributed by atoms with E-state index in [1.807, 2.05) is 43.3 Å². The number of ether oxygens (including phenoxy) is 4. The molecule has 0 aromatic heterocycles. The Morgan fingerprint density at radius 2 is 1.73 bits per heavy atom. The van der Waals surface area contributed by atoms with Crippen molar-refractivity contribution in [1.29, 1.82) is 0 Å². The molecule has 1 atom stereocenters. The number of amides is 2. The lowest BCUT2D eigenvalue weighted by atomic mass is 9.92. The number of carbonyl (C=O) groups excluding carboxylic acids is 2. The molecule has 194 valence electrons. The molecule has 3 aromatic rings. The normalized spacial score (nSPS) is 14.4. The first-order valence-corrected chi connectivity index (χ1v) is 12.2. The number of aryl methyl sites for hydroxylation is 1. The van der Waals surface area contributed by atoms with Crippen molar-refractivity contribution in [2.24, 2.45) is 0 Å². The summed E-state index contributed by atoms with van der Waals surface area (Å²) in [4.78, 5) is 27.2. The van der Waals surface area contributed by atoms with Crippen LogP contribution in [0.15, 0.2) is 60.7 Å². The molecule has 8 nitrogen and oxygen atoms in total. The highest BCUT2D eigenvalue weighted by atomic mass is 16.5. The number of fused-ring (bicyclic) bond motifs is 1. The Labute approximate surface area is 217 Å². The first kappa shape index (κ1) is 25.9. The lowest BCUT2D eigenvalue weighted by Crippen LogP contribution is -2.44. The SMILES string of the molecule is CCOC(=O)c1ccc(OCC2c3cc(OC)c(OC)cc3CCN2C(=O)Nc2cccc(C)c2)cc1. The van der Waals surface area contributed by atoms with E-state index in [9.17, 15) is 9.59 Å². The van der Waals surface area contributed by atoms with E-state index in [-0.39, 0.29) is 24.6 Å². The van der Waals surface area contributed by atoms with Gasteiger partial charge in [0, 0.05) is 12.2 Å². The summed E-state index contributed by atoms with van der Waals surface area (Å²) in [6.07, 6.45) is 0.668. The number of nitrogens with one attached hydrogen (secondary N) is 1.